The van der Waals surface area contributed by atoms with Crippen LogP contribution in [-0.2, 0) is 9.47 Å². The van der Waals surface area contributed by atoms with Crippen LogP contribution in [0.25, 0.3) is 22.3 Å². The zero-order valence-corrected chi connectivity index (χ0v) is 22.4. The van der Waals surface area contributed by atoms with Crippen molar-refractivity contribution in [2.75, 3.05) is 13.2 Å². The minimum atomic E-state index is -1.95. The fourth-order valence-corrected chi connectivity index (χ4v) is 4.88. The Bertz CT molecular complexity index is 1540. The van der Waals surface area contributed by atoms with E-state index in [1.54, 1.807) is 0 Å². The van der Waals surface area contributed by atoms with Gasteiger partial charge < -0.3 is 79.5 Å². The molecule has 240 valence electrons. The molecular formula is C27H30O17. The van der Waals surface area contributed by atoms with Crippen LogP contribution < -0.4 is 14.9 Å². The molecule has 10 atom stereocenters. The van der Waals surface area contributed by atoms with E-state index in [1.165, 1.54) is 24.3 Å². The Morgan fingerprint density at radius 2 is 1.16 bits per heavy atom. The van der Waals surface area contributed by atoms with Crippen molar-refractivity contribution in [3.8, 4) is 40.1 Å². The molecule has 17 heteroatoms. The maximum absolute atomic E-state index is 13.9. The molecule has 0 unspecified atom stereocenters. The minimum absolute atomic E-state index is 0.0445. The molecule has 2 aliphatic heterocycles. The second kappa shape index (κ2) is 12.3. The Morgan fingerprint density at radius 1 is 0.659 bits per heavy atom. The van der Waals surface area contributed by atoms with Crippen molar-refractivity contribution >= 4 is 11.0 Å². The van der Waals surface area contributed by atoms with Gasteiger partial charge in [0.05, 0.1) is 13.2 Å². The maximum Gasteiger partial charge on any atom is 0.239 e. The van der Waals surface area contributed by atoms with Gasteiger partial charge in [-0.1, -0.05) is 0 Å². The van der Waals surface area contributed by atoms with Crippen LogP contribution in [0.1, 0.15) is 0 Å². The Hall–Kier alpha value is -3.75. The number of phenols is 3. The summed E-state index contributed by atoms with van der Waals surface area (Å²) in [5.41, 5.74) is -1.75. The van der Waals surface area contributed by atoms with Gasteiger partial charge >= 0.3 is 0 Å². The summed E-state index contributed by atoms with van der Waals surface area (Å²) in [6.07, 6.45) is -17.6. The second-order valence-electron chi connectivity index (χ2n) is 10.2. The van der Waals surface area contributed by atoms with Crippen molar-refractivity contribution in [1.29, 1.82) is 0 Å². The van der Waals surface area contributed by atoms with E-state index in [2.05, 4.69) is 0 Å². The Morgan fingerprint density at radius 3 is 1.66 bits per heavy atom. The number of hydrogen-bond donors (Lipinski definition) is 11. The minimum Gasteiger partial charge on any atom is -0.508 e. The zero-order chi connectivity index (χ0) is 32.0. The second-order valence-corrected chi connectivity index (χ2v) is 10.2. The summed E-state index contributed by atoms with van der Waals surface area (Å²) in [7, 11) is 0. The van der Waals surface area contributed by atoms with Gasteiger partial charge in [-0.2, -0.15) is 0 Å². The van der Waals surface area contributed by atoms with E-state index in [4.69, 9.17) is 23.4 Å². The van der Waals surface area contributed by atoms with Crippen molar-refractivity contribution in [3.63, 3.8) is 0 Å². The molecule has 3 heterocycles. The van der Waals surface area contributed by atoms with Gasteiger partial charge in [0, 0.05) is 11.6 Å². The number of phenolic OH excluding ortho intramolecular Hbond substituents is 3. The number of aliphatic hydroxyl groups excluding tert-OH is 8. The van der Waals surface area contributed by atoms with Gasteiger partial charge in [0.15, 0.2) is 17.1 Å². The highest BCUT2D eigenvalue weighted by atomic mass is 16.7. The van der Waals surface area contributed by atoms with E-state index in [0.717, 1.165) is 0 Å². The van der Waals surface area contributed by atoms with E-state index in [-0.39, 0.29) is 11.3 Å². The lowest BCUT2D eigenvalue weighted by atomic mass is 9.99. The molecule has 0 bridgehead atoms. The number of benzene rings is 2. The van der Waals surface area contributed by atoms with Gasteiger partial charge in [-0.15, -0.1) is 0 Å². The summed E-state index contributed by atoms with van der Waals surface area (Å²) >= 11 is 0. The molecule has 3 aromatic rings. The van der Waals surface area contributed by atoms with Gasteiger partial charge in [0.25, 0.3) is 0 Å². The van der Waals surface area contributed by atoms with Gasteiger partial charge in [0.1, 0.15) is 65.7 Å². The molecule has 0 radical (unpaired) electrons. The summed E-state index contributed by atoms with van der Waals surface area (Å²) in [5.74, 6) is -3.76. The number of rotatable bonds is 7. The molecule has 2 fully saturated rings. The number of aliphatic hydroxyl groups is 8. The molecule has 2 saturated heterocycles. The maximum atomic E-state index is 13.9. The lowest BCUT2D eigenvalue weighted by Crippen LogP contribution is -2.60. The molecule has 44 heavy (non-hydrogen) atoms. The first-order valence-electron chi connectivity index (χ1n) is 13.2. The predicted octanol–water partition coefficient (Wildman–Crippen LogP) is -3.07. The highest BCUT2D eigenvalue weighted by Crippen LogP contribution is 2.44. The van der Waals surface area contributed by atoms with E-state index < -0.39 is 120 Å². The molecule has 0 saturated carbocycles. The number of ether oxygens (including phenoxy) is 4. The molecule has 11 N–H and O–H groups in total. The van der Waals surface area contributed by atoms with Crippen LogP contribution >= 0.6 is 0 Å². The molecule has 5 rings (SSSR count). The highest BCUT2D eigenvalue weighted by molar-refractivity contribution is 5.93. The van der Waals surface area contributed by atoms with Crippen LogP contribution in [0.15, 0.2) is 39.5 Å². The molecular weight excluding hydrogens is 596 g/mol. The summed E-state index contributed by atoms with van der Waals surface area (Å²) in [6.45, 7) is -1.60. The highest BCUT2D eigenvalue weighted by Gasteiger charge is 2.47. The van der Waals surface area contributed by atoms with E-state index in [0.29, 0.717) is 6.07 Å². The SMILES string of the molecule is O=c1c(O[C@@H]2O[C@H](CO)[C@@H](O)[C@H](O)[C@H]2O)c(-c2ccc(O)cc2)oc2c(O[C@@H]3O[C@H](CO)[C@@H](O)[C@H](O)[C@H]3O)c(O)cc(O)c12. The van der Waals surface area contributed by atoms with Gasteiger partial charge in [-0.05, 0) is 24.3 Å². The van der Waals surface area contributed by atoms with Crippen molar-refractivity contribution in [3.05, 3.63) is 40.6 Å². The lowest BCUT2D eigenvalue weighted by molar-refractivity contribution is -0.277. The van der Waals surface area contributed by atoms with Gasteiger partial charge in [0.2, 0.25) is 29.5 Å². The third-order valence-corrected chi connectivity index (χ3v) is 7.33. The van der Waals surface area contributed by atoms with Crippen molar-refractivity contribution in [2.45, 2.75) is 61.4 Å². The Balaban J connectivity index is 1.67. The molecule has 2 aliphatic rings. The van der Waals surface area contributed by atoms with Crippen molar-refractivity contribution < 1.29 is 79.5 Å². The number of fused-ring (bicyclic) bond motifs is 1. The fourth-order valence-electron chi connectivity index (χ4n) is 4.88. The average Bonchev–Trinajstić information content (AvgIpc) is 3.00. The summed E-state index contributed by atoms with van der Waals surface area (Å²) in [5, 5.41) is 111. The normalized spacial score (nSPS) is 32.5. The topological polar surface area (TPSA) is 290 Å². The molecule has 0 spiro atoms. The van der Waals surface area contributed by atoms with Crippen molar-refractivity contribution in [1.82, 2.24) is 0 Å². The van der Waals surface area contributed by atoms with Gasteiger partial charge in [-0.25, -0.2) is 0 Å². The van der Waals surface area contributed by atoms with Crippen LogP contribution in [-0.4, -0.2) is 131 Å². The van der Waals surface area contributed by atoms with Crippen molar-refractivity contribution in [2.24, 2.45) is 0 Å². The first kappa shape index (κ1) is 31.7. The molecule has 0 aliphatic carbocycles. The molecule has 0 amide bonds. The monoisotopic (exact) mass is 626 g/mol. The fraction of sp³-hybridized carbons (Fsp3) is 0.444. The van der Waals surface area contributed by atoms with E-state index in [9.17, 15) is 61.0 Å². The zero-order valence-electron chi connectivity index (χ0n) is 22.4. The predicted molar refractivity (Wildman–Crippen MR) is 142 cm³/mol. The number of aromatic hydroxyl groups is 3. The van der Waals surface area contributed by atoms with Crippen LogP contribution in [0, 0.1) is 0 Å². The standard InChI is InChI=1S/C27H30O17/c28-6-12-15(33)18(36)20(38)26(40-12)43-23-11(32)5-10(31)14-17(35)25(22(42-24(14)23)8-1-3-9(30)4-2-8)44-27-21(39)19(37)16(34)13(7-29)41-27/h1-5,12-13,15-16,18-21,26-34,36-39H,6-7H2/t12-,13-,15-,16-,18+,19+,20-,21-,26+,27+/m1/s1. The van der Waals surface area contributed by atoms with Crippen LogP contribution in [0.5, 0.6) is 28.7 Å². The Labute approximate surface area is 246 Å². The van der Waals surface area contributed by atoms with Crippen LogP contribution in [0.2, 0.25) is 0 Å². The molecule has 2 aromatic carbocycles. The average molecular weight is 627 g/mol. The first-order chi connectivity index (χ1) is 20.9. The largest absolute Gasteiger partial charge is 0.508 e. The summed E-state index contributed by atoms with van der Waals surface area (Å²) < 4.78 is 27.8. The molecule has 17 nitrogen and oxygen atoms in total. The summed E-state index contributed by atoms with van der Waals surface area (Å²) in [4.78, 5) is 13.9. The quantitative estimate of drug-likeness (QED) is 0.124. The van der Waals surface area contributed by atoms with Gasteiger partial charge in [-0.3, -0.25) is 4.79 Å². The Kier molecular flexibility index (Phi) is 8.87. The lowest BCUT2D eigenvalue weighted by Gasteiger charge is -2.39. The van der Waals surface area contributed by atoms with E-state index >= 15 is 0 Å². The smallest absolute Gasteiger partial charge is 0.239 e. The third-order valence-electron chi connectivity index (χ3n) is 7.33. The summed E-state index contributed by atoms with van der Waals surface area (Å²) in [6, 6.07) is 5.65. The number of hydrogen-bond acceptors (Lipinski definition) is 17. The molecule has 1 aromatic heterocycles. The van der Waals surface area contributed by atoms with Crippen LogP contribution in [0.4, 0.5) is 0 Å². The third kappa shape index (κ3) is 5.50. The van der Waals surface area contributed by atoms with Crippen LogP contribution in [0.3, 0.4) is 0 Å². The van der Waals surface area contributed by atoms with E-state index in [1.807, 2.05) is 0 Å². The first-order valence-corrected chi connectivity index (χ1v) is 13.2.